The Morgan fingerprint density at radius 3 is 2.44 bits per heavy atom. The lowest BCUT2D eigenvalue weighted by Gasteiger charge is -2.32. The minimum absolute atomic E-state index is 0.239. The Labute approximate surface area is 117 Å². The molecule has 1 unspecified atom stereocenters. The molecule has 1 nitrogen and oxygen atoms in total. The van der Waals surface area contributed by atoms with E-state index in [1.165, 1.54) is 11.1 Å². The second kappa shape index (κ2) is 6.58. The highest BCUT2D eigenvalue weighted by atomic mass is 35.5. The van der Waals surface area contributed by atoms with E-state index >= 15 is 0 Å². The molecular formula is C16H26ClN. The summed E-state index contributed by atoms with van der Waals surface area (Å²) in [5.41, 5.74) is 2.70. The summed E-state index contributed by atoms with van der Waals surface area (Å²) in [5.74, 6) is 0. The van der Waals surface area contributed by atoms with Gasteiger partial charge in [0.05, 0.1) is 0 Å². The second-order valence-corrected chi connectivity index (χ2v) is 6.58. The van der Waals surface area contributed by atoms with E-state index in [-0.39, 0.29) is 5.41 Å². The molecule has 0 aliphatic rings. The van der Waals surface area contributed by atoms with Gasteiger partial charge in [0, 0.05) is 11.1 Å². The summed E-state index contributed by atoms with van der Waals surface area (Å²) in [6.45, 7) is 12.2. The third kappa shape index (κ3) is 4.62. The van der Waals surface area contributed by atoms with Gasteiger partial charge in [0.2, 0.25) is 0 Å². The fourth-order valence-corrected chi connectivity index (χ4v) is 2.35. The maximum Gasteiger partial charge on any atom is 0.0441 e. The third-order valence-electron chi connectivity index (χ3n) is 3.32. The number of rotatable bonds is 5. The first kappa shape index (κ1) is 15.5. The summed E-state index contributed by atoms with van der Waals surface area (Å²) in [6.07, 6.45) is 2.15. The molecule has 0 radical (unpaired) electrons. The van der Waals surface area contributed by atoms with Gasteiger partial charge >= 0.3 is 0 Å². The van der Waals surface area contributed by atoms with Crippen LogP contribution < -0.4 is 5.32 Å². The SMILES string of the molecule is CCCNC(Cc1ccc(C)cc1Cl)C(C)(C)C. The van der Waals surface area contributed by atoms with Crippen molar-refractivity contribution >= 4 is 11.6 Å². The maximum absolute atomic E-state index is 6.33. The molecule has 0 bridgehead atoms. The molecule has 0 heterocycles. The fraction of sp³-hybridized carbons (Fsp3) is 0.625. The standard InChI is InChI=1S/C16H26ClN/c1-6-9-18-15(16(3,4)5)11-13-8-7-12(2)10-14(13)17/h7-8,10,15,18H,6,9,11H2,1-5H3. The highest BCUT2D eigenvalue weighted by Crippen LogP contribution is 2.26. The Kier molecular flexibility index (Phi) is 5.68. The largest absolute Gasteiger partial charge is 0.313 e. The number of nitrogens with one attached hydrogen (secondary N) is 1. The van der Waals surface area contributed by atoms with Gasteiger partial charge in [0.1, 0.15) is 0 Å². The van der Waals surface area contributed by atoms with Crippen molar-refractivity contribution in [3.8, 4) is 0 Å². The van der Waals surface area contributed by atoms with Gasteiger partial charge in [-0.05, 0) is 48.9 Å². The lowest BCUT2D eigenvalue weighted by atomic mass is 9.83. The molecule has 0 aromatic heterocycles. The molecule has 0 saturated carbocycles. The van der Waals surface area contributed by atoms with Gasteiger partial charge < -0.3 is 5.32 Å². The molecule has 2 heteroatoms. The second-order valence-electron chi connectivity index (χ2n) is 6.17. The number of halogens is 1. The molecular weight excluding hydrogens is 242 g/mol. The lowest BCUT2D eigenvalue weighted by molar-refractivity contribution is 0.267. The van der Waals surface area contributed by atoms with Crippen molar-refractivity contribution in [1.29, 1.82) is 0 Å². The van der Waals surface area contributed by atoms with Crippen LogP contribution in [0.15, 0.2) is 18.2 Å². The molecule has 0 aliphatic heterocycles. The van der Waals surface area contributed by atoms with Crippen LogP contribution in [0.1, 0.15) is 45.2 Å². The molecule has 0 aliphatic carbocycles. The van der Waals surface area contributed by atoms with Crippen molar-refractivity contribution in [2.75, 3.05) is 6.54 Å². The van der Waals surface area contributed by atoms with Gasteiger partial charge in [0.25, 0.3) is 0 Å². The molecule has 0 fully saturated rings. The average molecular weight is 268 g/mol. The lowest BCUT2D eigenvalue weighted by Crippen LogP contribution is -2.42. The molecule has 1 atom stereocenters. The van der Waals surface area contributed by atoms with Gasteiger partial charge in [-0.15, -0.1) is 0 Å². The first-order chi connectivity index (χ1) is 8.34. The minimum atomic E-state index is 0.239. The third-order valence-corrected chi connectivity index (χ3v) is 3.67. The van der Waals surface area contributed by atoms with E-state index in [1.54, 1.807) is 0 Å². The number of benzene rings is 1. The Morgan fingerprint density at radius 2 is 1.94 bits per heavy atom. The normalized spacial score (nSPS) is 13.7. The minimum Gasteiger partial charge on any atom is -0.313 e. The zero-order valence-electron chi connectivity index (χ0n) is 12.3. The number of hydrogen-bond donors (Lipinski definition) is 1. The van der Waals surface area contributed by atoms with E-state index in [9.17, 15) is 0 Å². The summed E-state index contributed by atoms with van der Waals surface area (Å²) in [6, 6.07) is 6.80. The highest BCUT2D eigenvalue weighted by molar-refractivity contribution is 6.31. The first-order valence-electron chi connectivity index (χ1n) is 6.83. The topological polar surface area (TPSA) is 12.0 Å². The summed E-state index contributed by atoms with van der Waals surface area (Å²) in [7, 11) is 0. The van der Waals surface area contributed by atoms with Gasteiger partial charge in [-0.25, -0.2) is 0 Å². The van der Waals surface area contributed by atoms with Crippen molar-refractivity contribution in [2.24, 2.45) is 5.41 Å². The van der Waals surface area contributed by atoms with E-state index in [0.717, 1.165) is 24.4 Å². The molecule has 1 aromatic rings. The molecule has 0 amide bonds. The average Bonchev–Trinajstić information content (AvgIpc) is 2.25. The summed E-state index contributed by atoms with van der Waals surface area (Å²) in [4.78, 5) is 0. The molecule has 102 valence electrons. The molecule has 1 aromatic carbocycles. The Hall–Kier alpha value is -0.530. The zero-order chi connectivity index (χ0) is 13.8. The quantitative estimate of drug-likeness (QED) is 0.822. The maximum atomic E-state index is 6.33. The Balaban J connectivity index is 2.82. The van der Waals surface area contributed by atoms with E-state index in [2.05, 4.69) is 58.1 Å². The van der Waals surface area contributed by atoms with Crippen LogP contribution in [0.5, 0.6) is 0 Å². The molecule has 18 heavy (non-hydrogen) atoms. The monoisotopic (exact) mass is 267 g/mol. The van der Waals surface area contributed by atoms with Crippen molar-refractivity contribution in [3.05, 3.63) is 34.3 Å². The van der Waals surface area contributed by atoms with Gasteiger partial charge in [0.15, 0.2) is 0 Å². The molecule has 0 spiro atoms. The summed E-state index contributed by atoms with van der Waals surface area (Å²) < 4.78 is 0. The van der Waals surface area contributed by atoms with Crippen molar-refractivity contribution in [2.45, 2.75) is 53.5 Å². The van der Waals surface area contributed by atoms with Crippen molar-refractivity contribution < 1.29 is 0 Å². The fourth-order valence-electron chi connectivity index (χ4n) is 2.04. The van der Waals surface area contributed by atoms with Crippen LogP contribution in [0.3, 0.4) is 0 Å². The van der Waals surface area contributed by atoms with E-state index in [1.807, 2.05) is 0 Å². The Bertz CT molecular complexity index is 379. The molecule has 1 N–H and O–H groups in total. The predicted octanol–water partition coefficient (Wildman–Crippen LogP) is 4.61. The van der Waals surface area contributed by atoms with Crippen LogP contribution in [-0.4, -0.2) is 12.6 Å². The molecule has 0 saturated heterocycles. The Morgan fingerprint density at radius 1 is 1.28 bits per heavy atom. The van der Waals surface area contributed by atoms with Crippen LogP contribution in [0.2, 0.25) is 5.02 Å². The van der Waals surface area contributed by atoms with Crippen molar-refractivity contribution in [1.82, 2.24) is 5.32 Å². The van der Waals surface area contributed by atoms with Gasteiger partial charge in [-0.2, -0.15) is 0 Å². The smallest absolute Gasteiger partial charge is 0.0441 e. The summed E-state index contributed by atoms with van der Waals surface area (Å²) in [5, 5.41) is 4.53. The van der Waals surface area contributed by atoms with Crippen LogP contribution in [0.25, 0.3) is 0 Å². The zero-order valence-corrected chi connectivity index (χ0v) is 13.1. The van der Waals surface area contributed by atoms with Gasteiger partial charge in [-0.1, -0.05) is 51.4 Å². The van der Waals surface area contributed by atoms with Gasteiger partial charge in [-0.3, -0.25) is 0 Å². The van der Waals surface area contributed by atoms with Crippen LogP contribution in [0.4, 0.5) is 0 Å². The number of aryl methyl sites for hydroxylation is 1. The highest BCUT2D eigenvalue weighted by Gasteiger charge is 2.24. The predicted molar refractivity (Wildman–Crippen MR) is 81.4 cm³/mol. The molecule has 1 rings (SSSR count). The first-order valence-corrected chi connectivity index (χ1v) is 7.20. The van der Waals surface area contributed by atoms with Crippen LogP contribution in [-0.2, 0) is 6.42 Å². The summed E-state index contributed by atoms with van der Waals surface area (Å²) >= 11 is 6.33. The van der Waals surface area contributed by atoms with Crippen molar-refractivity contribution in [3.63, 3.8) is 0 Å². The van der Waals surface area contributed by atoms with Crippen LogP contribution in [0, 0.1) is 12.3 Å². The number of hydrogen-bond acceptors (Lipinski definition) is 1. The van der Waals surface area contributed by atoms with E-state index < -0.39 is 0 Å². The van der Waals surface area contributed by atoms with Crippen LogP contribution >= 0.6 is 11.6 Å². The van der Waals surface area contributed by atoms with E-state index in [4.69, 9.17) is 11.6 Å². The van der Waals surface area contributed by atoms with E-state index in [0.29, 0.717) is 6.04 Å².